The molecule has 0 radical (unpaired) electrons. The molecule has 9 nitrogen and oxygen atoms in total. The molecule has 5 N–H and O–H groups in total. The summed E-state index contributed by atoms with van der Waals surface area (Å²) in [7, 11) is 1.60. The molecule has 5 atom stereocenters. The van der Waals surface area contributed by atoms with Gasteiger partial charge in [0.25, 0.3) is 5.56 Å². The molecule has 0 aromatic carbocycles. The van der Waals surface area contributed by atoms with Gasteiger partial charge in [-0.15, -0.1) is 0 Å². The maximum atomic E-state index is 12.0. The maximum Gasteiger partial charge on any atom is 0.330 e. The van der Waals surface area contributed by atoms with E-state index in [1.54, 1.807) is 14.0 Å². The van der Waals surface area contributed by atoms with Gasteiger partial charge in [0.05, 0.1) is 12.6 Å². The van der Waals surface area contributed by atoms with Crippen LogP contribution < -0.4 is 16.6 Å². The molecule has 118 valence electrons. The second-order valence-corrected chi connectivity index (χ2v) is 5.02. The van der Waals surface area contributed by atoms with Gasteiger partial charge in [-0.2, -0.15) is 0 Å². The number of aromatic nitrogens is 2. The predicted octanol–water partition coefficient (Wildman–Crippen LogP) is -3.09. The van der Waals surface area contributed by atoms with E-state index in [0.29, 0.717) is 0 Å². The normalized spacial score (nSPS) is 34.0. The Morgan fingerprint density at radius 2 is 2.19 bits per heavy atom. The van der Waals surface area contributed by atoms with Gasteiger partial charge >= 0.3 is 5.69 Å². The van der Waals surface area contributed by atoms with Gasteiger partial charge in [-0.3, -0.25) is 14.3 Å². The van der Waals surface area contributed by atoms with Crippen molar-refractivity contribution < 1.29 is 20.1 Å². The minimum atomic E-state index is -1.65. The summed E-state index contributed by atoms with van der Waals surface area (Å²) in [4.78, 5) is 25.3. The van der Waals surface area contributed by atoms with E-state index in [0.717, 1.165) is 10.6 Å². The molecule has 2 heterocycles. The Balaban J connectivity index is 2.64. The van der Waals surface area contributed by atoms with Crippen LogP contribution in [0.1, 0.15) is 6.92 Å². The number of nitrogens with one attached hydrogen (secondary N) is 2. The van der Waals surface area contributed by atoms with E-state index in [9.17, 15) is 24.9 Å². The monoisotopic (exact) mass is 301 g/mol. The number of hydrogen-bond donors (Lipinski definition) is 5. The van der Waals surface area contributed by atoms with Crippen LogP contribution in [-0.4, -0.2) is 62.9 Å². The molecule has 1 aromatic rings. The molecule has 1 aromatic heterocycles. The van der Waals surface area contributed by atoms with Crippen molar-refractivity contribution in [3.63, 3.8) is 0 Å². The standard InChI is InChI=1S/C12H19N3O6/c1-6(13-2)12(10(19)9(18)7(5-16)21-12)15-4-3-8(17)14-11(15)20/h3-4,6-7,9-10,13,16,18-19H,5H2,1-2H3,(H,14,17,20)/t6?,7-,9-,10-,12-/m1/s1. The summed E-state index contributed by atoms with van der Waals surface area (Å²) in [6.45, 7) is 1.13. The lowest BCUT2D eigenvalue weighted by atomic mass is 9.95. The van der Waals surface area contributed by atoms with Gasteiger partial charge < -0.3 is 25.4 Å². The highest BCUT2D eigenvalue weighted by Gasteiger charge is 2.58. The van der Waals surface area contributed by atoms with Gasteiger partial charge in [0.1, 0.15) is 18.3 Å². The Morgan fingerprint density at radius 3 is 2.67 bits per heavy atom. The van der Waals surface area contributed by atoms with Crippen molar-refractivity contribution in [2.75, 3.05) is 13.7 Å². The minimum Gasteiger partial charge on any atom is -0.394 e. The van der Waals surface area contributed by atoms with Crippen LogP contribution in [0.4, 0.5) is 0 Å². The van der Waals surface area contributed by atoms with E-state index < -0.39 is 47.9 Å². The first-order chi connectivity index (χ1) is 9.88. The van der Waals surface area contributed by atoms with Crippen molar-refractivity contribution in [1.82, 2.24) is 14.9 Å². The highest BCUT2D eigenvalue weighted by molar-refractivity contribution is 5.05. The lowest BCUT2D eigenvalue weighted by Gasteiger charge is -2.38. The number of rotatable bonds is 4. The molecule has 0 aliphatic carbocycles. The second-order valence-electron chi connectivity index (χ2n) is 5.02. The Bertz CT molecular complexity index is 614. The molecule has 1 saturated heterocycles. The third-order valence-corrected chi connectivity index (χ3v) is 3.90. The molecule has 0 saturated carbocycles. The number of ether oxygens (including phenoxy) is 1. The largest absolute Gasteiger partial charge is 0.394 e. The minimum absolute atomic E-state index is 0.519. The maximum absolute atomic E-state index is 12.0. The topological polar surface area (TPSA) is 137 Å². The first-order valence-corrected chi connectivity index (χ1v) is 6.53. The third kappa shape index (κ3) is 2.32. The number of aliphatic hydroxyl groups is 3. The van der Waals surface area contributed by atoms with Crippen LogP contribution >= 0.6 is 0 Å². The summed E-state index contributed by atoms with van der Waals surface area (Å²) in [5, 5.41) is 32.5. The average Bonchev–Trinajstić information content (AvgIpc) is 2.72. The number of hydrogen-bond acceptors (Lipinski definition) is 7. The number of H-pyrrole nitrogens is 1. The highest BCUT2D eigenvalue weighted by atomic mass is 16.6. The highest BCUT2D eigenvalue weighted by Crippen LogP contribution is 2.37. The van der Waals surface area contributed by atoms with Gasteiger partial charge in [-0.1, -0.05) is 0 Å². The van der Waals surface area contributed by atoms with Crippen molar-refractivity contribution in [1.29, 1.82) is 0 Å². The van der Waals surface area contributed by atoms with Gasteiger partial charge in [-0.05, 0) is 14.0 Å². The van der Waals surface area contributed by atoms with Crippen molar-refractivity contribution in [2.24, 2.45) is 0 Å². The zero-order valence-corrected chi connectivity index (χ0v) is 11.7. The molecular formula is C12H19N3O6. The van der Waals surface area contributed by atoms with Crippen molar-refractivity contribution in [3.05, 3.63) is 33.1 Å². The Hall–Kier alpha value is -1.52. The molecule has 1 aliphatic heterocycles. The summed E-state index contributed by atoms with van der Waals surface area (Å²) in [5.41, 5.74) is -3.02. The van der Waals surface area contributed by atoms with E-state index >= 15 is 0 Å². The van der Waals surface area contributed by atoms with Crippen LogP contribution in [0.3, 0.4) is 0 Å². The molecule has 1 unspecified atom stereocenters. The van der Waals surface area contributed by atoms with Crippen LogP contribution in [0.15, 0.2) is 21.9 Å². The van der Waals surface area contributed by atoms with Crippen LogP contribution in [0, 0.1) is 0 Å². The summed E-state index contributed by atoms with van der Waals surface area (Å²) < 4.78 is 6.62. The second kappa shape index (κ2) is 5.70. The molecule has 0 amide bonds. The fourth-order valence-corrected chi connectivity index (χ4v) is 2.64. The summed E-state index contributed by atoms with van der Waals surface area (Å²) in [5.74, 6) is 0. The van der Waals surface area contributed by atoms with Gasteiger partial charge in [0.2, 0.25) is 0 Å². The smallest absolute Gasteiger partial charge is 0.330 e. The number of aromatic amines is 1. The van der Waals surface area contributed by atoms with Gasteiger partial charge in [0.15, 0.2) is 5.72 Å². The summed E-state index contributed by atoms with van der Waals surface area (Å²) in [6, 6.07) is 0.516. The Labute approximate surface area is 119 Å². The van der Waals surface area contributed by atoms with E-state index in [4.69, 9.17) is 4.74 Å². The van der Waals surface area contributed by atoms with Crippen molar-refractivity contribution in [2.45, 2.75) is 37.0 Å². The van der Waals surface area contributed by atoms with Crippen molar-refractivity contribution in [3.8, 4) is 0 Å². The fourth-order valence-electron chi connectivity index (χ4n) is 2.64. The molecule has 1 aliphatic rings. The molecule has 21 heavy (non-hydrogen) atoms. The zero-order chi connectivity index (χ0) is 15.8. The van der Waals surface area contributed by atoms with Crippen LogP contribution in [0.25, 0.3) is 0 Å². The van der Waals surface area contributed by atoms with Crippen LogP contribution in [-0.2, 0) is 10.5 Å². The van der Waals surface area contributed by atoms with Crippen LogP contribution in [0.5, 0.6) is 0 Å². The molecule has 1 fully saturated rings. The number of likely N-dealkylation sites (N-methyl/N-ethyl adjacent to an activating group) is 1. The molecular weight excluding hydrogens is 282 g/mol. The SMILES string of the molecule is CNC(C)[C@@]1(n2ccc(=O)[nH]c2=O)O[C@H](CO)[C@@H](O)[C@H]1O. The van der Waals surface area contributed by atoms with E-state index in [1.165, 1.54) is 6.20 Å². The number of aliphatic hydroxyl groups excluding tert-OH is 3. The van der Waals surface area contributed by atoms with E-state index in [2.05, 4.69) is 10.3 Å². The van der Waals surface area contributed by atoms with E-state index in [1.807, 2.05) is 0 Å². The lowest BCUT2D eigenvalue weighted by Crippen LogP contribution is -2.60. The van der Waals surface area contributed by atoms with E-state index in [-0.39, 0.29) is 0 Å². The summed E-state index contributed by atoms with van der Waals surface area (Å²) in [6.07, 6.45) is -2.70. The third-order valence-electron chi connectivity index (χ3n) is 3.90. The van der Waals surface area contributed by atoms with Gasteiger partial charge in [-0.25, -0.2) is 4.79 Å². The average molecular weight is 301 g/mol. The first kappa shape index (κ1) is 15.9. The molecule has 2 rings (SSSR count). The Kier molecular flexibility index (Phi) is 4.30. The number of nitrogens with zero attached hydrogens (tertiary/aromatic N) is 1. The van der Waals surface area contributed by atoms with Gasteiger partial charge in [0, 0.05) is 12.3 Å². The fraction of sp³-hybridized carbons (Fsp3) is 0.667. The lowest BCUT2D eigenvalue weighted by molar-refractivity contribution is -0.167. The predicted molar refractivity (Wildman–Crippen MR) is 71.8 cm³/mol. The Morgan fingerprint density at radius 1 is 1.52 bits per heavy atom. The zero-order valence-electron chi connectivity index (χ0n) is 11.7. The molecule has 9 heteroatoms. The molecule has 0 spiro atoms. The quantitative estimate of drug-likeness (QED) is 0.397. The summed E-state index contributed by atoms with van der Waals surface area (Å²) >= 11 is 0. The van der Waals surface area contributed by atoms with Crippen molar-refractivity contribution >= 4 is 0 Å². The first-order valence-electron chi connectivity index (χ1n) is 6.53. The van der Waals surface area contributed by atoms with Crippen LogP contribution in [0.2, 0.25) is 0 Å². The molecule has 0 bridgehead atoms.